The third-order valence-corrected chi connectivity index (χ3v) is 4.48. The van der Waals surface area contributed by atoms with Gasteiger partial charge < -0.3 is 9.84 Å². The Morgan fingerprint density at radius 3 is 2.90 bits per heavy atom. The molecule has 2 unspecified atom stereocenters. The maximum atomic E-state index is 11.3. The second-order valence-corrected chi connectivity index (χ2v) is 6.17. The van der Waals surface area contributed by atoms with Crippen LogP contribution >= 0.6 is 27.5 Å². The first-order valence-electron chi connectivity index (χ1n) is 6.51. The van der Waals surface area contributed by atoms with E-state index in [4.69, 9.17) is 16.3 Å². The van der Waals surface area contributed by atoms with Crippen LogP contribution < -0.4 is 0 Å². The molecule has 0 aliphatic carbocycles. The highest BCUT2D eigenvalue weighted by molar-refractivity contribution is 9.10. The molecule has 0 aromatic heterocycles. The predicted octanol–water partition coefficient (Wildman–Crippen LogP) is 3.02. The van der Waals surface area contributed by atoms with E-state index in [0.717, 1.165) is 16.6 Å². The number of carboxylic acid groups (broad SMARTS) is 1. The summed E-state index contributed by atoms with van der Waals surface area (Å²) < 4.78 is 6.27. The summed E-state index contributed by atoms with van der Waals surface area (Å²) in [6.07, 6.45) is 0. The molecule has 1 aliphatic heterocycles. The average molecular weight is 363 g/mol. The standard InChI is InChI=1S/C14H17BrClNO3/c1-2-17(13-8-20-7-11(13)14(18)19)6-9-3-4-10(15)5-12(9)16/h3-5,11,13H,2,6-8H2,1H3,(H,18,19). The zero-order valence-corrected chi connectivity index (χ0v) is 13.5. The molecule has 0 amide bonds. The number of rotatable bonds is 5. The summed E-state index contributed by atoms with van der Waals surface area (Å²) in [5.74, 6) is -1.27. The molecule has 0 radical (unpaired) electrons. The van der Waals surface area contributed by atoms with Crippen LogP contribution in [0.2, 0.25) is 5.02 Å². The lowest BCUT2D eigenvalue weighted by Crippen LogP contribution is -2.42. The van der Waals surface area contributed by atoms with E-state index in [0.29, 0.717) is 18.2 Å². The lowest BCUT2D eigenvalue weighted by Gasteiger charge is -2.29. The van der Waals surface area contributed by atoms with Crippen LogP contribution in [0.4, 0.5) is 0 Å². The first kappa shape index (κ1) is 15.8. The van der Waals surface area contributed by atoms with Crippen LogP contribution in [0.5, 0.6) is 0 Å². The quantitative estimate of drug-likeness (QED) is 0.875. The van der Waals surface area contributed by atoms with Crippen LogP contribution in [0.25, 0.3) is 0 Å². The van der Waals surface area contributed by atoms with Gasteiger partial charge in [0.2, 0.25) is 0 Å². The summed E-state index contributed by atoms with van der Waals surface area (Å²) >= 11 is 9.61. The lowest BCUT2D eigenvalue weighted by molar-refractivity contribution is -0.143. The van der Waals surface area contributed by atoms with Crippen LogP contribution in [0.3, 0.4) is 0 Å². The fraction of sp³-hybridized carbons (Fsp3) is 0.500. The van der Waals surface area contributed by atoms with Gasteiger partial charge in [0.1, 0.15) is 0 Å². The number of aliphatic carboxylic acids is 1. The molecule has 1 aromatic carbocycles. The molecule has 1 saturated heterocycles. The van der Waals surface area contributed by atoms with E-state index in [9.17, 15) is 9.90 Å². The third kappa shape index (κ3) is 3.52. The first-order chi connectivity index (χ1) is 9.52. The Bertz CT molecular complexity index is 497. The predicted molar refractivity (Wildman–Crippen MR) is 81.0 cm³/mol. The second-order valence-electron chi connectivity index (χ2n) is 4.85. The van der Waals surface area contributed by atoms with Crippen LogP contribution in [-0.2, 0) is 16.1 Å². The number of nitrogens with zero attached hydrogens (tertiary/aromatic N) is 1. The summed E-state index contributed by atoms with van der Waals surface area (Å²) in [6.45, 7) is 4.14. The van der Waals surface area contributed by atoms with Crippen molar-refractivity contribution < 1.29 is 14.6 Å². The van der Waals surface area contributed by atoms with Gasteiger partial charge >= 0.3 is 5.97 Å². The summed E-state index contributed by atoms with van der Waals surface area (Å²) in [6, 6.07) is 5.65. The zero-order valence-electron chi connectivity index (χ0n) is 11.2. The van der Waals surface area contributed by atoms with Crippen molar-refractivity contribution in [3.05, 3.63) is 33.3 Å². The Morgan fingerprint density at radius 2 is 2.30 bits per heavy atom. The van der Waals surface area contributed by atoms with E-state index in [1.807, 2.05) is 25.1 Å². The largest absolute Gasteiger partial charge is 0.481 e. The number of carboxylic acids is 1. The molecule has 0 bridgehead atoms. The topological polar surface area (TPSA) is 49.8 Å². The molecule has 1 aromatic rings. The Labute approximate surface area is 131 Å². The van der Waals surface area contributed by atoms with Crippen molar-refractivity contribution in [3.8, 4) is 0 Å². The van der Waals surface area contributed by atoms with Crippen LogP contribution in [-0.4, -0.2) is 41.8 Å². The highest BCUT2D eigenvalue weighted by Gasteiger charge is 2.37. The molecule has 1 N–H and O–H groups in total. The number of benzene rings is 1. The molecule has 1 heterocycles. The summed E-state index contributed by atoms with van der Waals surface area (Å²) in [4.78, 5) is 13.4. The molecule has 0 spiro atoms. The summed E-state index contributed by atoms with van der Waals surface area (Å²) in [7, 11) is 0. The van der Waals surface area contributed by atoms with Gasteiger partial charge in [-0.15, -0.1) is 0 Å². The minimum absolute atomic E-state index is 0.0998. The monoisotopic (exact) mass is 361 g/mol. The fourth-order valence-electron chi connectivity index (χ4n) is 2.47. The van der Waals surface area contributed by atoms with E-state index in [1.54, 1.807) is 0 Å². The van der Waals surface area contributed by atoms with E-state index >= 15 is 0 Å². The van der Waals surface area contributed by atoms with Crippen molar-refractivity contribution in [1.82, 2.24) is 4.90 Å². The van der Waals surface area contributed by atoms with Gasteiger partial charge in [0.15, 0.2) is 0 Å². The SMILES string of the molecule is CCN(Cc1ccc(Br)cc1Cl)C1COCC1C(=O)O. The molecular weight excluding hydrogens is 346 g/mol. The number of halogens is 2. The van der Waals surface area contributed by atoms with Gasteiger partial charge in [0.25, 0.3) is 0 Å². The van der Waals surface area contributed by atoms with Gasteiger partial charge in [-0.3, -0.25) is 9.69 Å². The van der Waals surface area contributed by atoms with Gasteiger partial charge in [-0.25, -0.2) is 0 Å². The van der Waals surface area contributed by atoms with E-state index in [2.05, 4.69) is 20.8 Å². The van der Waals surface area contributed by atoms with Gasteiger partial charge in [0, 0.05) is 22.1 Å². The molecular formula is C14H17BrClNO3. The Hall–Kier alpha value is -0.620. The number of likely N-dealkylation sites (N-methyl/N-ethyl adjacent to an activating group) is 1. The maximum Gasteiger partial charge on any atom is 0.310 e. The van der Waals surface area contributed by atoms with E-state index in [1.165, 1.54) is 0 Å². The van der Waals surface area contributed by atoms with Crippen molar-refractivity contribution in [2.75, 3.05) is 19.8 Å². The van der Waals surface area contributed by atoms with Gasteiger partial charge in [-0.2, -0.15) is 0 Å². The Morgan fingerprint density at radius 1 is 1.55 bits per heavy atom. The van der Waals surface area contributed by atoms with Crippen LogP contribution in [0.1, 0.15) is 12.5 Å². The summed E-state index contributed by atoms with van der Waals surface area (Å²) in [5, 5.41) is 9.93. The normalized spacial score (nSPS) is 22.4. The molecule has 1 aliphatic rings. The first-order valence-corrected chi connectivity index (χ1v) is 7.68. The molecule has 1 fully saturated rings. The molecule has 20 heavy (non-hydrogen) atoms. The molecule has 4 nitrogen and oxygen atoms in total. The highest BCUT2D eigenvalue weighted by atomic mass is 79.9. The van der Waals surface area contributed by atoms with Crippen molar-refractivity contribution in [2.45, 2.75) is 19.5 Å². The van der Waals surface area contributed by atoms with Gasteiger partial charge in [-0.1, -0.05) is 40.5 Å². The second kappa shape index (κ2) is 6.89. The molecule has 2 rings (SSSR count). The van der Waals surface area contributed by atoms with Gasteiger partial charge in [-0.05, 0) is 24.2 Å². The molecule has 0 saturated carbocycles. The van der Waals surface area contributed by atoms with Gasteiger partial charge in [0.05, 0.1) is 19.1 Å². The molecule has 6 heteroatoms. The zero-order chi connectivity index (χ0) is 14.7. The maximum absolute atomic E-state index is 11.3. The Balaban J connectivity index is 2.14. The highest BCUT2D eigenvalue weighted by Crippen LogP contribution is 2.26. The molecule has 2 atom stereocenters. The fourth-order valence-corrected chi connectivity index (χ4v) is 3.20. The van der Waals surface area contributed by atoms with Crippen molar-refractivity contribution in [3.63, 3.8) is 0 Å². The smallest absolute Gasteiger partial charge is 0.310 e. The summed E-state index contributed by atoms with van der Waals surface area (Å²) in [5.41, 5.74) is 0.993. The van der Waals surface area contributed by atoms with E-state index in [-0.39, 0.29) is 12.6 Å². The molecule has 110 valence electrons. The average Bonchev–Trinajstić information content (AvgIpc) is 2.87. The van der Waals surface area contributed by atoms with Crippen molar-refractivity contribution in [2.24, 2.45) is 5.92 Å². The number of ether oxygens (including phenoxy) is 1. The van der Waals surface area contributed by atoms with Crippen molar-refractivity contribution >= 4 is 33.5 Å². The van der Waals surface area contributed by atoms with Crippen LogP contribution in [0.15, 0.2) is 22.7 Å². The number of carbonyl (C=O) groups is 1. The third-order valence-electron chi connectivity index (χ3n) is 3.63. The number of hydrogen-bond acceptors (Lipinski definition) is 3. The lowest BCUT2D eigenvalue weighted by atomic mass is 10.0. The van der Waals surface area contributed by atoms with Crippen LogP contribution in [0, 0.1) is 5.92 Å². The van der Waals surface area contributed by atoms with Crippen molar-refractivity contribution in [1.29, 1.82) is 0 Å². The minimum Gasteiger partial charge on any atom is -0.481 e. The van der Waals surface area contributed by atoms with E-state index < -0.39 is 11.9 Å². The number of hydrogen-bond donors (Lipinski definition) is 1. The minimum atomic E-state index is -0.798. The Kier molecular flexibility index (Phi) is 5.43.